The van der Waals surface area contributed by atoms with Gasteiger partial charge in [0.05, 0.1) is 6.04 Å². The number of hydrogen-bond donors (Lipinski definition) is 2. The van der Waals surface area contributed by atoms with Gasteiger partial charge in [0, 0.05) is 16.9 Å². The molecule has 2 atom stereocenters. The SMILES string of the molecule is C[C@@H](N[S+]([O-])C(C)(C)C)c1cccc(C(F)(F)C(O)(F)F)c1. The van der Waals surface area contributed by atoms with E-state index >= 15 is 0 Å². The molecular formula is C14H19F4NO2S. The van der Waals surface area contributed by atoms with Crippen LogP contribution in [0, 0.1) is 0 Å². The molecule has 2 N–H and O–H groups in total. The largest absolute Gasteiger partial charge is 0.598 e. The highest BCUT2D eigenvalue weighted by molar-refractivity contribution is 7.90. The van der Waals surface area contributed by atoms with Crippen LogP contribution in [0.25, 0.3) is 0 Å². The Bertz CT molecular complexity index is 514. The predicted molar refractivity (Wildman–Crippen MR) is 76.9 cm³/mol. The quantitative estimate of drug-likeness (QED) is 0.637. The molecule has 1 aromatic rings. The number of nitrogens with one attached hydrogen (secondary N) is 1. The van der Waals surface area contributed by atoms with Crippen LogP contribution >= 0.6 is 0 Å². The molecule has 1 aromatic carbocycles. The van der Waals surface area contributed by atoms with Gasteiger partial charge in [-0.1, -0.05) is 18.2 Å². The van der Waals surface area contributed by atoms with Gasteiger partial charge in [0.25, 0.3) is 0 Å². The fraction of sp³-hybridized carbons (Fsp3) is 0.571. The number of halogens is 4. The Kier molecular flexibility index (Phi) is 5.55. The van der Waals surface area contributed by atoms with Gasteiger partial charge < -0.3 is 9.66 Å². The van der Waals surface area contributed by atoms with E-state index in [1.54, 1.807) is 27.7 Å². The predicted octanol–water partition coefficient (Wildman–Crippen LogP) is 3.48. The number of hydrogen-bond acceptors (Lipinski definition) is 3. The third kappa shape index (κ3) is 4.34. The fourth-order valence-electron chi connectivity index (χ4n) is 1.58. The van der Waals surface area contributed by atoms with Crippen molar-refractivity contribution in [2.24, 2.45) is 0 Å². The zero-order valence-corrected chi connectivity index (χ0v) is 13.5. The molecule has 0 spiro atoms. The summed E-state index contributed by atoms with van der Waals surface area (Å²) in [5.74, 6) is -4.70. The summed E-state index contributed by atoms with van der Waals surface area (Å²) in [4.78, 5) is 0. The summed E-state index contributed by atoms with van der Waals surface area (Å²) in [7, 11) is 0. The molecule has 0 saturated heterocycles. The Morgan fingerprint density at radius 1 is 1.18 bits per heavy atom. The molecule has 0 saturated carbocycles. The van der Waals surface area contributed by atoms with E-state index in [1.807, 2.05) is 0 Å². The highest BCUT2D eigenvalue weighted by Gasteiger charge is 2.56. The highest BCUT2D eigenvalue weighted by atomic mass is 32.2. The summed E-state index contributed by atoms with van der Waals surface area (Å²) in [6, 6.07) is 3.71. The average Bonchev–Trinajstić information content (AvgIpc) is 2.36. The topological polar surface area (TPSA) is 55.3 Å². The van der Waals surface area contributed by atoms with Crippen LogP contribution in [0.15, 0.2) is 24.3 Å². The minimum absolute atomic E-state index is 0.263. The Balaban J connectivity index is 3.02. The van der Waals surface area contributed by atoms with Gasteiger partial charge in [-0.05, 0) is 39.3 Å². The Hall–Kier alpha value is -0.830. The maximum Gasteiger partial charge on any atom is 0.421 e. The first-order chi connectivity index (χ1) is 9.76. The molecule has 22 heavy (non-hydrogen) atoms. The Morgan fingerprint density at radius 2 is 1.73 bits per heavy atom. The van der Waals surface area contributed by atoms with Crippen LogP contribution in [0.2, 0.25) is 0 Å². The van der Waals surface area contributed by atoms with Crippen molar-refractivity contribution in [3.63, 3.8) is 0 Å². The molecule has 0 radical (unpaired) electrons. The summed E-state index contributed by atoms with van der Waals surface area (Å²) in [6.45, 7) is 6.79. The minimum atomic E-state index is -5.16. The van der Waals surface area contributed by atoms with Crippen LogP contribution in [0.3, 0.4) is 0 Å². The summed E-state index contributed by atoms with van der Waals surface area (Å²) < 4.78 is 66.4. The van der Waals surface area contributed by atoms with E-state index in [0.717, 1.165) is 12.1 Å². The van der Waals surface area contributed by atoms with E-state index in [4.69, 9.17) is 5.11 Å². The molecule has 0 fully saturated rings. The fourth-order valence-corrected chi connectivity index (χ4v) is 2.39. The molecule has 126 valence electrons. The first-order valence-corrected chi connectivity index (χ1v) is 7.68. The van der Waals surface area contributed by atoms with Crippen molar-refractivity contribution in [2.45, 2.75) is 50.5 Å². The third-order valence-corrected chi connectivity index (χ3v) is 4.65. The zero-order chi connectivity index (χ0) is 17.3. The maximum atomic E-state index is 13.5. The second-order valence-electron chi connectivity index (χ2n) is 5.96. The molecule has 8 heteroatoms. The van der Waals surface area contributed by atoms with E-state index in [0.29, 0.717) is 0 Å². The van der Waals surface area contributed by atoms with Crippen molar-refractivity contribution < 1.29 is 27.2 Å². The third-order valence-electron chi connectivity index (χ3n) is 2.97. The van der Waals surface area contributed by atoms with Gasteiger partial charge in [-0.15, -0.1) is 4.72 Å². The van der Waals surface area contributed by atoms with Gasteiger partial charge in [0.15, 0.2) is 0 Å². The van der Waals surface area contributed by atoms with Crippen LogP contribution < -0.4 is 4.72 Å². The number of alkyl halides is 4. The van der Waals surface area contributed by atoms with Crippen molar-refractivity contribution in [2.75, 3.05) is 0 Å². The normalized spacial score (nSPS) is 16.5. The molecule has 1 rings (SSSR count). The Morgan fingerprint density at radius 3 is 2.18 bits per heavy atom. The second-order valence-corrected chi connectivity index (χ2v) is 7.96. The lowest BCUT2D eigenvalue weighted by molar-refractivity contribution is -0.332. The molecule has 0 bridgehead atoms. The molecule has 0 aliphatic rings. The molecule has 0 aliphatic heterocycles. The zero-order valence-electron chi connectivity index (χ0n) is 12.7. The van der Waals surface area contributed by atoms with Gasteiger partial charge in [0.1, 0.15) is 4.75 Å². The van der Waals surface area contributed by atoms with Gasteiger partial charge in [0.2, 0.25) is 0 Å². The van der Waals surface area contributed by atoms with Crippen molar-refractivity contribution in [1.29, 1.82) is 0 Å². The molecule has 0 heterocycles. The van der Waals surface area contributed by atoms with E-state index < -0.39 is 39.7 Å². The molecular weight excluding hydrogens is 322 g/mol. The second kappa shape index (κ2) is 6.35. The smallest absolute Gasteiger partial charge is 0.421 e. The lowest BCUT2D eigenvalue weighted by Gasteiger charge is -2.27. The van der Waals surface area contributed by atoms with E-state index in [-0.39, 0.29) is 5.56 Å². The maximum absolute atomic E-state index is 13.5. The van der Waals surface area contributed by atoms with Gasteiger partial charge in [-0.2, -0.15) is 17.6 Å². The van der Waals surface area contributed by atoms with Gasteiger partial charge >= 0.3 is 12.0 Å². The van der Waals surface area contributed by atoms with Gasteiger partial charge in [-0.25, -0.2) is 0 Å². The van der Waals surface area contributed by atoms with Gasteiger partial charge in [-0.3, -0.25) is 0 Å². The molecule has 3 nitrogen and oxygen atoms in total. The molecule has 0 amide bonds. The Labute approximate surface area is 130 Å². The van der Waals surface area contributed by atoms with E-state index in [2.05, 4.69) is 4.72 Å². The highest BCUT2D eigenvalue weighted by Crippen LogP contribution is 2.41. The van der Waals surface area contributed by atoms with Crippen molar-refractivity contribution in [1.82, 2.24) is 4.72 Å². The number of rotatable bonds is 5. The lowest BCUT2D eigenvalue weighted by Crippen LogP contribution is -2.40. The first kappa shape index (κ1) is 19.2. The van der Waals surface area contributed by atoms with Crippen LogP contribution in [0.5, 0.6) is 0 Å². The van der Waals surface area contributed by atoms with Crippen molar-refractivity contribution in [3.05, 3.63) is 35.4 Å². The summed E-state index contributed by atoms with van der Waals surface area (Å²) in [5, 5.41) is 8.33. The van der Waals surface area contributed by atoms with E-state index in [9.17, 15) is 22.1 Å². The van der Waals surface area contributed by atoms with E-state index in [1.165, 1.54) is 12.1 Å². The lowest BCUT2D eigenvalue weighted by atomic mass is 10.0. The van der Waals surface area contributed by atoms with Crippen molar-refractivity contribution >= 4 is 11.4 Å². The molecule has 0 aliphatic carbocycles. The van der Waals surface area contributed by atoms with Crippen molar-refractivity contribution in [3.8, 4) is 0 Å². The minimum Gasteiger partial charge on any atom is -0.598 e. The summed E-state index contributed by atoms with van der Waals surface area (Å²) in [6.07, 6.45) is -5.16. The monoisotopic (exact) mass is 341 g/mol. The van der Waals surface area contributed by atoms with Crippen LogP contribution in [0.1, 0.15) is 44.9 Å². The summed E-state index contributed by atoms with van der Waals surface area (Å²) >= 11 is -1.45. The number of benzene rings is 1. The molecule has 0 aromatic heterocycles. The standard InChI is InChI=1S/C14H19F4NO2S/c1-9(19-22(21)12(2,3)4)10-6-5-7-11(8-10)13(15,16)14(17,18)20/h5-9,19-20H,1-4H3/t9-,22?/m1/s1. The van der Waals surface area contributed by atoms with Crippen LogP contribution in [-0.2, 0) is 17.3 Å². The summed E-state index contributed by atoms with van der Waals surface area (Å²) in [5.41, 5.74) is -0.744. The molecule has 1 unspecified atom stereocenters. The van der Waals surface area contributed by atoms with Crippen LogP contribution in [-0.4, -0.2) is 20.5 Å². The first-order valence-electron chi connectivity index (χ1n) is 6.53. The van der Waals surface area contributed by atoms with Crippen LogP contribution in [0.4, 0.5) is 17.6 Å². The average molecular weight is 341 g/mol. The number of aliphatic hydroxyl groups is 1.